The van der Waals surface area contributed by atoms with Gasteiger partial charge >= 0.3 is 0 Å². The zero-order valence-corrected chi connectivity index (χ0v) is 14.4. The third kappa shape index (κ3) is 4.63. The molecule has 7 nitrogen and oxygen atoms in total. The molecule has 0 saturated heterocycles. The van der Waals surface area contributed by atoms with Crippen LogP contribution in [0.15, 0.2) is 44.6 Å². The summed E-state index contributed by atoms with van der Waals surface area (Å²) in [7, 11) is -7.12. The maximum atomic E-state index is 12.2. The number of aromatic nitrogens is 1. The number of sulfone groups is 1. The highest BCUT2D eigenvalue weighted by Crippen LogP contribution is 2.15. The molecule has 2 rings (SSSR count). The fourth-order valence-electron chi connectivity index (χ4n) is 1.93. The summed E-state index contributed by atoms with van der Waals surface area (Å²) in [6, 6.07) is 6.73. The monoisotopic (exact) mass is 358 g/mol. The highest BCUT2D eigenvalue weighted by atomic mass is 32.2. The van der Waals surface area contributed by atoms with E-state index in [1.165, 1.54) is 24.3 Å². The van der Waals surface area contributed by atoms with E-state index in [0.29, 0.717) is 5.76 Å². The fraction of sp³-hybridized carbons (Fsp3) is 0.357. The molecule has 0 bridgehead atoms. The molecule has 0 aliphatic rings. The summed E-state index contributed by atoms with van der Waals surface area (Å²) in [5.41, 5.74) is 0.777. The molecule has 126 valence electrons. The first-order valence-electron chi connectivity index (χ1n) is 6.96. The van der Waals surface area contributed by atoms with Gasteiger partial charge in [0.05, 0.1) is 22.0 Å². The molecule has 0 unspecified atom stereocenters. The van der Waals surface area contributed by atoms with E-state index < -0.39 is 19.9 Å². The lowest BCUT2D eigenvalue weighted by Gasteiger charge is -2.05. The van der Waals surface area contributed by atoms with Gasteiger partial charge < -0.3 is 4.52 Å². The first-order chi connectivity index (χ1) is 10.7. The topological polar surface area (TPSA) is 106 Å². The average molecular weight is 358 g/mol. The van der Waals surface area contributed by atoms with Crippen molar-refractivity contribution < 1.29 is 21.4 Å². The van der Waals surface area contributed by atoms with E-state index in [9.17, 15) is 16.8 Å². The Morgan fingerprint density at radius 1 is 1.09 bits per heavy atom. The van der Waals surface area contributed by atoms with Crippen LogP contribution < -0.4 is 4.72 Å². The first-order valence-corrected chi connectivity index (χ1v) is 10.3. The van der Waals surface area contributed by atoms with Gasteiger partial charge in [0.25, 0.3) is 0 Å². The molecule has 1 N–H and O–H groups in total. The van der Waals surface area contributed by atoms with Crippen molar-refractivity contribution in [2.45, 2.75) is 36.1 Å². The molecule has 23 heavy (non-hydrogen) atoms. The lowest BCUT2D eigenvalue weighted by molar-refractivity contribution is 0.374. The Hall–Kier alpha value is -1.71. The van der Waals surface area contributed by atoms with Gasteiger partial charge in [-0.15, -0.1) is 0 Å². The highest BCUT2D eigenvalue weighted by Gasteiger charge is 2.16. The summed E-state index contributed by atoms with van der Waals surface area (Å²) in [5, 5.41) is 3.84. The fourth-order valence-corrected chi connectivity index (χ4v) is 3.55. The molecule has 1 aromatic heterocycles. The molecule has 0 fully saturated rings. The van der Waals surface area contributed by atoms with Gasteiger partial charge in [0, 0.05) is 12.3 Å². The van der Waals surface area contributed by atoms with Gasteiger partial charge in [-0.25, -0.2) is 21.6 Å². The minimum Gasteiger partial charge on any atom is -0.360 e. The zero-order chi connectivity index (χ0) is 17.1. The third-order valence-corrected chi connectivity index (χ3v) is 5.66. The van der Waals surface area contributed by atoms with E-state index in [-0.39, 0.29) is 16.3 Å². The Kier molecular flexibility index (Phi) is 5.23. The zero-order valence-electron chi connectivity index (χ0n) is 12.8. The number of hydrogen-bond acceptors (Lipinski definition) is 6. The number of rotatable bonds is 7. The molecule has 0 spiro atoms. The molecular formula is C14H18N2O5S2. The van der Waals surface area contributed by atoms with E-state index in [2.05, 4.69) is 9.88 Å². The van der Waals surface area contributed by atoms with Crippen molar-refractivity contribution >= 4 is 19.9 Å². The van der Waals surface area contributed by atoms with Gasteiger partial charge in [-0.1, -0.05) is 18.5 Å². The smallest absolute Gasteiger partial charge is 0.240 e. The number of nitrogens with one attached hydrogen (secondary N) is 1. The van der Waals surface area contributed by atoms with Gasteiger partial charge in [-0.3, -0.25) is 0 Å². The number of aryl methyl sites for hydroxylation is 1. The Morgan fingerprint density at radius 3 is 2.26 bits per heavy atom. The summed E-state index contributed by atoms with van der Waals surface area (Å²) in [6.45, 7) is 1.99. The predicted octanol–water partition coefficient (Wildman–Crippen LogP) is 1.51. The van der Waals surface area contributed by atoms with Crippen LogP contribution in [-0.2, 0) is 32.8 Å². The van der Waals surface area contributed by atoms with Crippen LogP contribution in [0, 0.1) is 0 Å². The summed E-state index contributed by atoms with van der Waals surface area (Å²) in [6.07, 6.45) is 2.75. The van der Waals surface area contributed by atoms with Gasteiger partial charge in [0.2, 0.25) is 10.0 Å². The standard InChI is InChI=1S/C14H18N2O5S2/c1-3-4-11-9-12(21-16-11)10-15-23(19,20)14-7-5-13(6-8-14)22(2,17)18/h5-9,15H,3-4,10H2,1-2H3. The molecule has 0 aliphatic carbocycles. The summed E-state index contributed by atoms with van der Waals surface area (Å²) < 4.78 is 54.6. The number of nitrogens with zero attached hydrogens (tertiary/aromatic N) is 1. The van der Waals surface area contributed by atoms with E-state index in [0.717, 1.165) is 24.8 Å². The average Bonchev–Trinajstić information content (AvgIpc) is 2.93. The third-order valence-electron chi connectivity index (χ3n) is 3.11. The minimum absolute atomic E-state index is 0.0156. The lowest BCUT2D eigenvalue weighted by Crippen LogP contribution is -2.23. The Bertz CT molecular complexity index is 868. The van der Waals surface area contributed by atoms with Crippen LogP contribution in [-0.4, -0.2) is 28.2 Å². The lowest BCUT2D eigenvalue weighted by atomic mass is 10.2. The molecule has 0 aliphatic heterocycles. The Labute approximate surface area is 135 Å². The van der Waals surface area contributed by atoms with Gasteiger partial charge in [-0.05, 0) is 30.7 Å². The largest absolute Gasteiger partial charge is 0.360 e. The quantitative estimate of drug-likeness (QED) is 0.804. The van der Waals surface area contributed by atoms with Crippen LogP contribution in [0.5, 0.6) is 0 Å². The number of sulfonamides is 1. The predicted molar refractivity (Wildman–Crippen MR) is 84.1 cm³/mol. The molecule has 0 radical (unpaired) electrons. The maximum absolute atomic E-state index is 12.2. The molecule has 1 heterocycles. The van der Waals surface area contributed by atoms with E-state index in [1.807, 2.05) is 6.92 Å². The Balaban J connectivity index is 2.09. The van der Waals surface area contributed by atoms with Crippen molar-refractivity contribution in [1.29, 1.82) is 0 Å². The van der Waals surface area contributed by atoms with Crippen molar-refractivity contribution in [3.8, 4) is 0 Å². The molecule has 2 aromatic rings. The van der Waals surface area contributed by atoms with Crippen LogP contribution in [0.4, 0.5) is 0 Å². The molecule has 9 heteroatoms. The van der Waals surface area contributed by atoms with E-state index in [4.69, 9.17) is 4.52 Å². The summed E-state index contributed by atoms with van der Waals surface area (Å²) in [5.74, 6) is 0.421. The second kappa shape index (κ2) is 6.81. The molecular weight excluding hydrogens is 340 g/mol. The normalized spacial score (nSPS) is 12.4. The molecule has 0 atom stereocenters. The number of benzene rings is 1. The van der Waals surface area contributed by atoms with Crippen LogP contribution in [0.1, 0.15) is 24.8 Å². The highest BCUT2D eigenvalue weighted by molar-refractivity contribution is 7.90. The summed E-state index contributed by atoms with van der Waals surface area (Å²) in [4.78, 5) is 0.0501. The first kappa shape index (κ1) is 17.6. The molecule has 1 aromatic carbocycles. The van der Waals surface area contributed by atoms with Gasteiger partial charge in [0.1, 0.15) is 0 Å². The van der Waals surface area contributed by atoms with Crippen molar-refractivity contribution in [1.82, 2.24) is 9.88 Å². The van der Waals surface area contributed by atoms with Crippen LogP contribution in [0.3, 0.4) is 0 Å². The van der Waals surface area contributed by atoms with Gasteiger partial charge in [-0.2, -0.15) is 0 Å². The van der Waals surface area contributed by atoms with Crippen LogP contribution in [0.25, 0.3) is 0 Å². The van der Waals surface area contributed by atoms with E-state index in [1.54, 1.807) is 6.07 Å². The van der Waals surface area contributed by atoms with E-state index >= 15 is 0 Å². The second-order valence-corrected chi connectivity index (χ2v) is 8.89. The Morgan fingerprint density at radius 2 is 1.70 bits per heavy atom. The van der Waals surface area contributed by atoms with Gasteiger partial charge in [0.15, 0.2) is 15.6 Å². The van der Waals surface area contributed by atoms with Crippen LogP contribution in [0.2, 0.25) is 0 Å². The van der Waals surface area contributed by atoms with Crippen LogP contribution >= 0.6 is 0 Å². The maximum Gasteiger partial charge on any atom is 0.240 e. The molecule has 0 amide bonds. The second-order valence-electron chi connectivity index (χ2n) is 5.10. The van der Waals surface area contributed by atoms with Crippen molar-refractivity contribution in [2.75, 3.05) is 6.26 Å². The minimum atomic E-state index is -3.76. The number of hydrogen-bond donors (Lipinski definition) is 1. The van der Waals surface area contributed by atoms with Crippen molar-refractivity contribution in [3.05, 3.63) is 41.8 Å². The van der Waals surface area contributed by atoms with Crippen molar-refractivity contribution in [2.24, 2.45) is 0 Å². The molecule has 0 saturated carbocycles. The summed E-state index contributed by atoms with van der Waals surface area (Å²) >= 11 is 0. The SMILES string of the molecule is CCCc1cc(CNS(=O)(=O)c2ccc(S(C)(=O)=O)cc2)on1. The van der Waals surface area contributed by atoms with Crippen molar-refractivity contribution in [3.63, 3.8) is 0 Å².